The molecule has 0 amide bonds. The van der Waals surface area contributed by atoms with E-state index in [1.165, 1.54) is 5.56 Å². The van der Waals surface area contributed by atoms with Crippen molar-refractivity contribution in [2.45, 2.75) is 13.8 Å². The number of carbonyl (C=O) groups is 1. The first-order chi connectivity index (χ1) is 9.68. The molecule has 0 saturated heterocycles. The number of aryl methyl sites for hydroxylation is 1. The van der Waals surface area contributed by atoms with Gasteiger partial charge in [0.05, 0.1) is 5.56 Å². The fourth-order valence-electron chi connectivity index (χ4n) is 1.82. The highest BCUT2D eigenvalue weighted by Crippen LogP contribution is 2.20. The number of rotatable bonds is 5. The van der Waals surface area contributed by atoms with Crippen molar-refractivity contribution >= 4 is 5.97 Å². The summed E-state index contributed by atoms with van der Waals surface area (Å²) in [7, 11) is 0. The lowest BCUT2D eigenvalue weighted by Gasteiger charge is -2.11. The van der Waals surface area contributed by atoms with E-state index in [1.54, 1.807) is 12.1 Å². The maximum atomic E-state index is 11.7. The normalized spacial score (nSPS) is 10.1. The Morgan fingerprint density at radius 1 is 0.950 bits per heavy atom. The summed E-state index contributed by atoms with van der Waals surface area (Å²) in [5, 5.41) is 0. The fourth-order valence-corrected chi connectivity index (χ4v) is 1.82. The predicted molar refractivity (Wildman–Crippen MR) is 78.1 cm³/mol. The molecule has 104 valence electrons. The van der Waals surface area contributed by atoms with E-state index in [4.69, 9.17) is 9.47 Å². The number of ether oxygens (including phenoxy) is 2. The number of benzene rings is 2. The predicted octanol–water partition coefficient (Wildman–Crippen LogP) is 3.54. The van der Waals surface area contributed by atoms with Crippen LogP contribution in [0.4, 0.5) is 0 Å². The largest absolute Gasteiger partial charge is 0.490 e. The average Bonchev–Trinajstić information content (AvgIpc) is 2.48. The van der Waals surface area contributed by atoms with Gasteiger partial charge >= 0.3 is 5.97 Å². The highest BCUT2D eigenvalue weighted by atomic mass is 16.6. The molecule has 0 heterocycles. The molecule has 0 atom stereocenters. The van der Waals surface area contributed by atoms with Gasteiger partial charge in [0.25, 0.3) is 0 Å². The Labute approximate surface area is 119 Å². The Bertz CT molecular complexity index is 576. The molecule has 0 bridgehead atoms. The number of esters is 1. The smallest absolute Gasteiger partial charge is 0.338 e. The summed E-state index contributed by atoms with van der Waals surface area (Å²) >= 11 is 0. The Morgan fingerprint density at radius 2 is 1.70 bits per heavy atom. The molecule has 0 aliphatic rings. The zero-order valence-electron chi connectivity index (χ0n) is 11.8. The van der Waals surface area contributed by atoms with Gasteiger partial charge in [-0.15, -0.1) is 0 Å². The van der Waals surface area contributed by atoms with Crippen molar-refractivity contribution in [3.8, 4) is 5.75 Å². The SMILES string of the molecule is Cc1cccc(OCCOC(=O)c2ccccc2)c1C. The van der Waals surface area contributed by atoms with Gasteiger partial charge in [0, 0.05) is 0 Å². The Kier molecular flexibility index (Phi) is 4.77. The van der Waals surface area contributed by atoms with Gasteiger partial charge in [0.1, 0.15) is 19.0 Å². The molecular weight excluding hydrogens is 252 g/mol. The lowest BCUT2D eigenvalue weighted by atomic mass is 10.1. The maximum Gasteiger partial charge on any atom is 0.338 e. The zero-order valence-corrected chi connectivity index (χ0v) is 11.8. The topological polar surface area (TPSA) is 35.5 Å². The van der Waals surface area contributed by atoms with E-state index in [9.17, 15) is 4.79 Å². The van der Waals surface area contributed by atoms with Crippen molar-refractivity contribution in [2.24, 2.45) is 0 Å². The monoisotopic (exact) mass is 270 g/mol. The Hall–Kier alpha value is -2.29. The third-order valence-electron chi connectivity index (χ3n) is 3.14. The summed E-state index contributed by atoms with van der Waals surface area (Å²) in [6.45, 7) is 4.64. The van der Waals surface area contributed by atoms with E-state index in [0.29, 0.717) is 12.2 Å². The van der Waals surface area contributed by atoms with Crippen molar-refractivity contribution in [1.82, 2.24) is 0 Å². The molecule has 0 fully saturated rings. The van der Waals surface area contributed by atoms with Crippen LogP contribution in [0.1, 0.15) is 21.5 Å². The summed E-state index contributed by atoms with van der Waals surface area (Å²) in [6, 6.07) is 14.8. The highest BCUT2D eigenvalue weighted by molar-refractivity contribution is 5.89. The average molecular weight is 270 g/mol. The Balaban J connectivity index is 1.80. The standard InChI is InChI=1S/C17H18O3/c1-13-7-6-10-16(14(13)2)19-11-12-20-17(18)15-8-4-3-5-9-15/h3-10H,11-12H2,1-2H3. The van der Waals surface area contributed by atoms with E-state index in [2.05, 4.69) is 0 Å². The van der Waals surface area contributed by atoms with Crippen molar-refractivity contribution in [2.75, 3.05) is 13.2 Å². The fraction of sp³-hybridized carbons (Fsp3) is 0.235. The van der Waals surface area contributed by atoms with E-state index >= 15 is 0 Å². The van der Waals surface area contributed by atoms with Crippen molar-refractivity contribution in [1.29, 1.82) is 0 Å². The summed E-state index contributed by atoms with van der Waals surface area (Å²) in [5.74, 6) is 0.510. The second-order valence-electron chi connectivity index (χ2n) is 4.55. The molecule has 2 rings (SSSR count). The van der Waals surface area contributed by atoms with Crippen LogP contribution in [0.5, 0.6) is 5.75 Å². The van der Waals surface area contributed by atoms with Gasteiger partial charge in [-0.3, -0.25) is 0 Å². The molecule has 2 aromatic carbocycles. The molecule has 0 radical (unpaired) electrons. The Morgan fingerprint density at radius 3 is 2.45 bits per heavy atom. The molecule has 0 aliphatic heterocycles. The summed E-state index contributed by atoms with van der Waals surface area (Å²) in [6.07, 6.45) is 0. The van der Waals surface area contributed by atoms with E-state index in [-0.39, 0.29) is 12.6 Å². The van der Waals surface area contributed by atoms with Gasteiger partial charge < -0.3 is 9.47 Å². The summed E-state index contributed by atoms with van der Waals surface area (Å²) < 4.78 is 10.8. The van der Waals surface area contributed by atoms with Gasteiger partial charge in [0.2, 0.25) is 0 Å². The molecule has 20 heavy (non-hydrogen) atoms. The van der Waals surface area contributed by atoms with Gasteiger partial charge in [-0.05, 0) is 43.2 Å². The quantitative estimate of drug-likeness (QED) is 0.616. The first kappa shape index (κ1) is 14.1. The molecule has 0 aliphatic carbocycles. The van der Waals surface area contributed by atoms with Crippen LogP contribution in [-0.4, -0.2) is 19.2 Å². The van der Waals surface area contributed by atoms with E-state index < -0.39 is 0 Å². The number of carbonyl (C=O) groups excluding carboxylic acids is 1. The molecule has 0 aromatic heterocycles. The van der Waals surface area contributed by atoms with Gasteiger partial charge in [-0.1, -0.05) is 30.3 Å². The van der Waals surface area contributed by atoms with Crippen LogP contribution in [0.3, 0.4) is 0 Å². The first-order valence-electron chi connectivity index (χ1n) is 6.59. The van der Waals surface area contributed by atoms with Gasteiger partial charge in [0.15, 0.2) is 0 Å². The molecule has 2 aromatic rings. The van der Waals surface area contributed by atoms with Crippen molar-refractivity contribution < 1.29 is 14.3 Å². The maximum absolute atomic E-state index is 11.7. The lowest BCUT2D eigenvalue weighted by Crippen LogP contribution is -2.12. The van der Waals surface area contributed by atoms with Crippen molar-refractivity contribution in [3.63, 3.8) is 0 Å². The minimum atomic E-state index is -0.324. The van der Waals surface area contributed by atoms with E-state index in [1.807, 2.05) is 50.2 Å². The van der Waals surface area contributed by atoms with Crippen LogP contribution >= 0.6 is 0 Å². The lowest BCUT2D eigenvalue weighted by molar-refractivity contribution is 0.0450. The second-order valence-corrected chi connectivity index (χ2v) is 4.55. The molecule has 3 nitrogen and oxygen atoms in total. The van der Waals surface area contributed by atoms with Crippen LogP contribution in [0.25, 0.3) is 0 Å². The summed E-state index contributed by atoms with van der Waals surface area (Å²) in [4.78, 5) is 11.7. The highest BCUT2D eigenvalue weighted by Gasteiger charge is 2.06. The van der Waals surface area contributed by atoms with Crippen LogP contribution in [0.2, 0.25) is 0 Å². The molecule has 0 N–H and O–H groups in total. The minimum absolute atomic E-state index is 0.237. The van der Waals surface area contributed by atoms with E-state index in [0.717, 1.165) is 11.3 Å². The van der Waals surface area contributed by atoms with Crippen LogP contribution < -0.4 is 4.74 Å². The molecule has 3 heteroatoms. The molecule has 0 spiro atoms. The molecular formula is C17H18O3. The van der Waals surface area contributed by atoms with Crippen molar-refractivity contribution in [3.05, 3.63) is 65.2 Å². The number of hydrogen-bond donors (Lipinski definition) is 0. The second kappa shape index (κ2) is 6.75. The molecule has 0 saturated carbocycles. The zero-order chi connectivity index (χ0) is 14.4. The number of hydrogen-bond acceptors (Lipinski definition) is 3. The molecule has 0 unspecified atom stereocenters. The van der Waals surface area contributed by atoms with Crippen LogP contribution in [0, 0.1) is 13.8 Å². The third-order valence-corrected chi connectivity index (χ3v) is 3.14. The van der Waals surface area contributed by atoms with Gasteiger partial charge in [-0.2, -0.15) is 0 Å². The van der Waals surface area contributed by atoms with Crippen LogP contribution in [0.15, 0.2) is 48.5 Å². The third kappa shape index (κ3) is 3.60. The minimum Gasteiger partial charge on any atom is -0.490 e. The van der Waals surface area contributed by atoms with Gasteiger partial charge in [-0.25, -0.2) is 4.79 Å². The van der Waals surface area contributed by atoms with Crippen LogP contribution in [-0.2, 0) is 4.74 Å². The first-order valence-corrected chi connectivity index (χ1v) is 6.59. The summed E-state index contributed by atoms with van der Waals surface area (Å²) in [5.41, 5.74) is 2.85.